The molecule has 0 aliphatic carbocycles. The van der Waals surface area contributed by atoms with Crippen molar-refractivity contribution in [2.24, 2.45) is 5.41 Å². The van der Waals surface area contributed by atoms with Gasteiger partial charge in [0.25, 0.3) is 0 Å². The van der Waals surface area contributed by atoms with E-state index in [4.69, 9.17) is 14.2 Å². The predicted octanol–water partition coefficient (Wildman–Crippen LogP) is 1.69. The van der Waals surface area contributed by atoms with Crippen molar-refractivity contribution in [2.75, 3.05) is 47.6 Å². The third-order valence-corrected chi connectivity index (χ3v) is 5.64. The van der Waals surface area contributed by atoms with Crippen LogP contribution in [0.1, 0.15) is 24.8 Å². The highest BCUT2D eigenvalue weighted by Gasteiger charge is 2.49. The maximum atomic E-state index is 13.3. The van der Waals surface area contributed by atoms with Crippen molar-refractivity contribution in [3.63, 3.8) is 0 Å². The van der Waals surface area contributed by atoms with E-state index in [1.165, 1.54) is 7.11 Å². The largest absolute Gasteiger partial charge is 0.493 e. The zero-order valence-electron chi connectivity index (χ0n) is 16.3. The highest BCUT2D eigenvalue weighted by atomic mass is 16.5. The van der Waals surface area contributed by atoms with Gasteiger partial charge in [-0.2, -0.15) is 0 Å². The molecular weight excluding hydrogens is 348 g/mol. The Labute approximate surface area is 160 Å². The summed E-state index contributed by atoms with van der Waals surface area (Å²) >= 11 is 0. The maximum Gasteiger partial charge on any atom is 0.248 e. The summed E-state index contributed by atoms with van der Waals surface area (Å²) in [4.78, 5) is 29.1. The van der Waals surface area contributed by atoms with Crippen molar-refractivity contribution < 1.29 is 23.8 Å². The van der Waals surface area contributed by atoms with Crippen molar-refractivity contribution in [1.29, 1.82) is 0 Å². The highest BCUT2D eigenvalue weighted by Crippen LogP contribution is 2.41. The third-order valence-electron chi connectivity index (χ3n) is 5.64. The second-order valence-electron chi connectivity index (χ2n) is 7.26. The van der Waals surface area contributed by atoms with E-state index in [0.29, 0.717) is 44.1 Å². The molecule has 2 aliphatic rings. The zero-order chi connectivity index (χ0) is 19.4. The predicted molar refractivity (Wildman–Crippen MR) is 99.7 cm³/mol. The Kier molecular flexibility index (Phi) is 5.89. The lowest BCUT2D eigenvalue weighted by atomic mass is 9.78. The molecule has 0 N–H and O–H groups in total. The molecule has 1 aromatic rings. The molecule has 7 nitrogen and oxygen atoms in total. The quantitative estimate of drug-likeness (QED) is 0.756. The van der Waals surface area contributed by atoms with Gasteiger partial charge in [0.2, 0.25) is 11.8 Å². The second kappa shape index (κ2) is 8.17. The van der Waals surface area contributed by atoms with Gasteiger partial charge < -0.3 is 24.0 Å². The SMILES string of the molecule is COCC(=O)N1CC[C@@]2(CCCN(Cc3cccc(OC)c3OC)C2=O)C1. The summed E-state index contributed by atoms with van der Waals surface area (Å²) in [5.74, 6) is 1.40. The molecule has 0 radical (unpaired) electrons. The molecule has 2 saturated heterocycles. The van der Waals surface area contributed by atoms with Crippen LogP contribution in [0.15, 0.2) is 18.2 Å². The van der Waals surface area contributed by atoms with Gasteiger partial charge in [0.05, 0.1) is 19.6 Å². The molecule has 0 unspecified atom stereocenters. The van der Waals surface area contributed by atoms with Crippen LogP contribution in [0.5, 0.6) is 11.5 Å². The summed E-state index contributed by atoms with van der Waals surface area (Å²) in [6.45, 7) is 2.36. The van der Waals surface area contributed by atoms with Crippen LogP contribution in [0.4, 0.5) is 0 Å². The Morgan fingerprint density at radius 3 is 2.67 bits per heavy atom. The number of ether oxygens (including phenoxy) is 3. The van der Waals surface area contributed by atoms with Crippen LogP contribution in [0.3, 0.4) is 0 Å². The molecule has 3 rings (SSSR count). The van der Waals surface area contributed by atoms with E-state index in [1.807, 2.05) is 23.1 Å². The van der Waals surface area contributed by atoms with Gasteiger partial charge in [0.15, 0.2) is 11.5 Å². The molecule has 2 aliphatic heterocycles. The molecule has 7 heteroatoms. The number of rotatable bonds is 6. The Balaban J connectivity index is 1.76. The van der Waals surface area contributed by atoms with Crippen LogP contribution >= 0.6 is 0 Å². The van der Waals surface area contributed by atoms with E-state index >= 15 is 0 Å². The fraction of sp³-hybridized carbons (Fsp3) is 0.600. The first kappa shape index (κ1) is 19.5. The highest BCUT2D eigenvalue weighted by molar-refractivity contribution is 5.86. The maximum absolute atomic E-state index is 13.3. The van der Waals surface area contributed by atoms with Gasteiger partial charge in [-0.15, -0.1) is 0 Å². The van der Waals surface area contributed by atoms with E-state index in [1.54, 1.807) is 19.1 Å². The van der Waals surface area contributed by atoms with Crippen molar-refractivity contribution in [1.82, 2.24) is 9.80 Å². The molecule has 0 bridgehead atoms. The van der Waals surface area contributed by atoms with Gasteiger partial charge in [-0.3, -0.25) is 9.59 Å². The lowest BCUT2D eigenvalue weighted by molar-refractivity contribution is -0.147. The first-order chi connectivity index (χ1) is 13.0. The molecule has 0 aromatic heterocycles. The van der Waals surface area contributed by atoms with E-state index in [-0.39, 0.29) is 18.4 Å². The lowest BCUT2D eigenvalue weighted by Gasteiger charge is -2.39. The average molecular weight is 376 g/mol. The molecule has 148 valence electrons. The number of benzene rings is 1. The van der Waals surface area contributed by atoms with Crippen molar-refractivity contribution in [3.8, 4) is 11.5 Å². The summed E-state index contributed by atoms with van der Waals surface area (Å²) in [6, 6.07) is 5.71. The standard InChI is InChI=1S/C20H28N2O5/c1-25-13-17(23)22-11-9-20(14-22)8-5-10-21(19(20)24)12-15-6-4-7-16(26-2)18(15)27-3/h4,6-7H,5,8-14H2,1-3H3/t20-/m0/s1. The van der Waals surface area contributed by atoms with Crippen LogP contribution in [0.25, 0.3) is 0 Å². The molecule has 1 atom stereocenters. The topological polar surface area (TPSA) is 68.3 Å². The molecule has 2 amide bonds. The summed E-state index contributed by atoms with van der Waals surface area (Å²) in [7, 11) is 4.72. The van der Waals surface area contributed by atoms with Crippen molar-refractivity contribution in [3.05, 3.63) is 23.8 Å². The van der Waals surface area contributed by atoms with Crippen LogP contribution in [0.2, 0.25) is 0 Å². The number of carbonyl (C=O) groups excluding carboxylic acids is 2. The van der Waals surface area contributed by atoms with Gasteiger partial charge in [0, 0.05) is 38.9 Å². The Hall–Kier alpha value is -2.28. The van der Waals surface area contributed by atoms with Crippen LogP contribution < -0.4 is 9.47 Å². The summed E-state index contributed by atoms with van der Waals surface area (Å²) in [5, 5.41) is 0. The number of nitrogens with zero attached hydrogens (tertiary/aromatic N) is 2. The minimum absolute atomic E-state index is 0.0474. The smallest absolute Gasteiger partial charge is 0.248 e. The van der Waals surface area contributed by atoms with E-state index in [2.05, 4.69) is 0 Å². The minimum Gasteiger partial charge on any atom is -0.493 e. The number of piperidine rings is 1. The van der Waals surface area contributed by atoms with Gasteiger partial charge in [-0.1, -0.05) is 12.1 Å². The van der Waals surface area contributed by atoms with Crippen LogP contribution in [-0.4, -0.2) is 69.2 Å². The molecule has 1 spiro atoms. The number of amides is 2. The molecule has 2 fully saturated rings. The van der Waals surface area contributed by atoms with Crippen LogP contribution in [0, 0.1) is 5.41 Å². The molecule has 27 heavy (non-hydrogen) atoms. The first-order valence-corrected chi connectivity index (χ1v) is 9.30. The Morgan fingerprint density at radius 2 is 1.96 bits per heavy atom. The average Bonchev–Trinajstić information content (AvgIpc) is 3.10. The zero-order valence-corrected chi connectivity index (χ0v) is 16.3. The Morgan fingerprint density at radius 1 is 1.15 bits per heavy atom. The van der Waals surface area contributed by atoms with Crippen molar-refractivity contribution >= 4 is 11.8 Å². The number of hydrogen-bond acceptors (Lipinski definition) is 5. The van der Waals surface area contributed by atoms with E-state index in [9.17, 15) is 9.59 Å². The lowest BCUT2D eigenvalue weighted by Crippen LogP contribution is -2.50. The molecule has 1 aromatic carbocycles. The molecular formula is C20H28N2O5. The summed E-state index contributed by atoms with van der Waals surface area (Å²) in [6.07, 6.45) is 2.48. The first-order valence-electron chi connectivity index (χ1n) is 9.30. The van der Waals surface area contributed by atoms with Crippen LogP contribution in [-0.2, 0) is 20.9 Å². The molecule has 0 saturated carbocycles. The van der Waals surface area contributed by atoms with Gasteiger partial charge in [-0.25, -0.2) is 0 Å². The second-order valence-corrected chi connectivity index (χ2v) is 7.26. The van der Waals surface area contributed by atoms with Gasteiger partial charge in [0.1, 0.15) is 6.61 Å². The number of methoxy groups -OCH3 is 3. The van der Waals surface area contributed by atoms with Gasteiger partial charge in [-0.05, 0) is 25.3 Å². The summed E-state index contributed by atoms with van der Waals surface area (Å²) in [5.41, 5.74) is 0.459. The molecule has 2 heterocycles. The van der Waals surface area contributed by atoms with E-state index in [0.717, 1.165) is 18.4 Å². The van der Waals surface area contributed by atoms with Crippen molar-refractivity contribution in [2.45, 2.75) is 25.8 Å². The fourth-order valence-electron chi connectivity index (χ4n) is 4.27. The summed E-state index contributed by atoms with van der Waals surface area (Å²) < 4.78 is 15.8. The minimum atomic E-state index is -0.465. The number of hydrogen-bond donors (Lipinski definition) is 0. The van der Waals surface area contributed by atoms with E-state index < -0.39 is 5.41 Å². The number of carbonyl (C=O) groups is 2. The number of para-hydroxylation sites is 1. The monoisotopic (exact) mass is 376 g/mol. The van der Waals surface area contributed by atoms with Gasteiger partial charge >= 0.3 is 0 Å². The fourth-order valence-corrected chi connectivity index (χ4v) is 4.27. The Bertz CT molecular complexity index is 708. The number of likely N-dealkylation sites (tertiary alicyclic amines) is 2. The third kappa shape index (κ3) is 3.74. The normalized spacial score (nSPS) is 22.4.